The van der Waals surface area contributed by atoms with Gasteiger partial charge in [-0.15, -0.1) is 6.58 Å². The Bertz CT molecular complexity index is 554. The smallest absolute Gasteiger partial charge is 0.318 e. The molecule has 0 spiro atoms. The summed E-state index contributed by atoms with van der Waals surface area (Å²) in [6, 6.07) is 0. The first-order valence-electron chi connectivity index (χ1n) is 9.08. The fourth-order valence-electron chi connectivity index (χ4n) is 3.13. The normalized spacial score (nSPS) is 25.2. The van der Waals surface area contributed by atoms with Crippen LogP contribution in [0.3, 0.4) is 0 Å². The van der Waals surface area contributed by atoms with Crippen LogP contribution in [0.4, 0.5) is 0 Å². The first-order chi connectivity index (χ1) is 11.4. The SMILES string of the molecule is C=CC/C=C1/CN(S(=O)C(C)(C)C)C[C@]1(CCC)C(=O)OC(C)(C)C. The predicted molar refractivity (Wildman–Crippen MR) is 106 cm³/mol. The summed E-state index contributed by atoms with van der Waals surface area (Å²) in [6.45, 7) is 18.4. The molecule has 0 amide bonds. The number of hydrogen-bond donors (Lipinski definition) is 0. The van der Waals surface area contributed by atoms with Crippen molar-refractivity contribution in [2.75, 3.05) is 13.1 Å². The van der Waals surface area contributed by atoms with Crippen molar-refractivity contribution in [3.05, 3.63) is 24.3 Å². The van der Waals surface area contributed by atoms with E-state index >= 15 is 0 Å². The second kappa shape index (κ2) is 8.17. The van der Waals surface area contributed by atoms with Crippen LogP contribution >= 0.6 is 0 Å². The first-order valence-corrected chi connectivity index (χ1v) is 10.2. The minimum absolute atomic E-state index is 0.203. The van der Waals surface area contributed by atoms with Crippen molar-refractivity contribution in [2.45, 2.75) is 78.1 Å². The lowest BCUT2D eigenvalue weighted by Crippen LogP contribution is -2.42. The van der Waals surface area contributed by atoms with Gasteiger partial charge in [0, 0.05) is 13.1 Å². The van der Waals surface area contributed by atoms with Crippen molar-refractivity contribution >= 4 is 17.0 Å². The number of esters is 1. The van der Waals surface area contributed by atoms with E-state index in [1.165, 1.54) is 0 Å². The van der Waals surface area contributed by atoms with Crippen LogP contribution in [0.5, 0.6) is 0 Å². The van der Waals surface area contributed by atoms with Gasteiger partial charge in [-0.3, -0.25) is 4.79 Å². The minimum atomic E-state index is -1.17. The predicted octanol–water partition coefficient (Wildman–Crippen LogP) is 4.39. The van der Waals surface area contributed by atoms with E-state index in [0.717, 1.165) is 12.0 Å². The summed E-state index contributed by atoms with van der Waals surface area (Å²) in [5.41, 5.74) is -0.245. The summed E-state index contributed by atoms with van der Waals surface area (Å²) >= 11 is 0. The Morgan fingerprint density at radius 3 is 2.36 bits per heavy atom. The molecular formula is C20H35NO3S. The lowest BCUT2D eigenvalue weighted by Gasteiger charge is -2.32. The second-order valence-electron chi connectivity index (χ2n) is 8.75. The molecule has 0 saturated carbocycles. The molecule has 5 heteroatoms. The average Bonchev–Trinajstić information content (AvgIpc) is 2.81. The zero-order valence-electron chi connectivity index (χ0n) is 17.0. The Labute approximate surface area is 156 Å². The van der Waals surface area contributed by atoms with Gasteiger partial charge in [-0.25, -0.2) is 8.51 Å². The number of rotatable bonds is 6. The third-order valence-corrected chi connectivity index (χ3v) is 5.94. The third-order valence-electron chi connectivity index (χ3n) is 4.16. The fourth-order valence-corrected chi connectivity index (χ4v) is 4.50. The zero-order valence-corrected chi connectivity index (χ0v) is 17.8. The van der Waals surface area contributed by atoms with Gasteiger partial charge in [0.1, 0.15) is 22.0 Å². The Hall–Kier alpha value is -0.940. The molecule has 0 aromatic heterocycles. The van der Waals surface area contributed by atoms with Crippen LogP contribution in [-0.2, 0) is 20.5 Å². The molecular weight excluding hydrogens is 334 g/mol. The second-order valence-corrected chi connectivity index (χ2v) is 11.0. The summed E-state index contributed by atoms with van der Waals surface area (Å²) in [7, 11) is -1.17. The van der Waals surface area contributed by atoms with E-state index in [1.54, 1.807) is 0 Å². The zero-order chi connectivity index (χ0) is 19.5. The maximum atomic E-state index is 13.1. The van der Waals surface area contributed by atoms with Gasteiger partial charge in [0.2, 0.25) is 0 Å². The van der Waals surface area contributed by atoms with Crippen LogP contribution < -0.4 is 0 Å². The molecule has 0 bridgehead atoms. The average molecular weight is 370 g/mol. The highest BCUT2D eigenvalue weighted by atomic mass is 32.2. The van der Waals surface area contributed by atoms with Gasteiger partial charge < -0.3 is 4.74 Å². The summed E-state index contributed by atoms with van der Waals surface area (Å²) in [5, 5.41) is 0. The van der Waals surface area contributed by atoms with Crippen molar-refractivity contribution in [3.8, 4) is 0 Å². The molecule has 1 rings (SSSR count). The molecule has 25 heavy (non-hydrogen) atoms. The van der Waals surface area contributed by atoms with E-state index in [1.807, 2.05) is 51.9 Å². The summed E-state index contributed by atoms with van der Waals surface area (Å²) in [4.78, 5) is 13.1. The van der Waals surface area contributed by atoms with Gasteiger partial charge >= 0.3 is 5.97 Å². The van der Waals surface area contributed by atoms with E-state index in [4.69, 9.17) is 4.74 Å². The first kappa shape index (κ1) is 22.1. The molecule has 144 valence electrons. The van der Waals surface area contributed by atoms with E-state index in [9.17, 15) is 9.00 Å². The van der Waals surface area contributed by atoms with Crippen molar-refractivity contribution < 1.29 is 13.7 Å². The molecule has 1 unspecified atom stereocenters. The Morgan fingerprint density at radius 2 is 1.92 bits per heavy atom. The van der Waals surface area contributed by atoms with Crippen molar-refractivity contribution in [2.24, 2.45) is 5.41 Å². The molecule has 1 saturated heterocycles. The monoisotopic (exact) mass is 369 g/mol. The van der Waals surface area contributed by atoms with Crippen molar-refractivity contribution in [3.63, 3.8) is 0 Å². The highest BCUT2D eigenvalue weighted by molar-refractivity contribution is 7.84. The quantitative estimate of drug-likeness (QED) is 0.515. The topological polar surface area (TPSA) is 46.6 Å². The molecule has 1 fully saturated rings. The van der Waals surface area contributed by atoms with Gasteiger partial charge in [0.05, 0.1) is 4.75 Å². The van der Waals surface area contributed by atoms with E-state index in [0.29, 0.717) is 25.9 Å². The van der Waals surface area contributed by atoms with Gasteiger partial charge in [-0.2, -0.15) is 0 Å². The Morgan fingerprint density at radius 1 is 1.32 bits per heavy atom. The highest BCUT2D eigenvalue weighted by Crippen LogP contribution is 2.43. The van der Waals surface area contributed by atoms with Gasteiger partial charge in [0.25, 0.3) is 0 Å². The largest absolute Gasteiger partial charge is 0.459 e. The summed E-state index contributed by atoms with van der Waals surface area (Å²) in [5.74, 6) is -0.203. The lowest BCUT2D eigenvalue weighted by atomic mass is 9.78. The minimum Gasteiger partial charge on any atom is -0.459 e. The van der Waals surface area contributed by atoms with Crippen molar-refractivity contribution in [1.82, 2.24) is 4.31 Å². The fraction of sp³-hybridized carbons (Fsp3) is 0.750. The molecule has 0 aromatic carbocycles. The number of carbonyl (C=O) groups is 1. The molecule has 0 aliphatic carbocycles. The Kier molecular flexibility index (Phi) is 7.22. The number of allylic oxidation sites excluding steroid dienone is 2. The van der Waals surface area contributed by atoms with Crippen LogP contribution in [0.1, 0.15) is 67.7 Å². The van der Waals surface area contributed by atoms with Gasteiger partial charge in [-0.05, 0) is 60.0 Å². The van der Waals surface area contributed by atoms with Crippen molar-refractivity contribution in [1.29, 1.82) is 0 Å². The van der Waals surface area contributed by atoms with Crippen LogP contribution in [0, 0.1) is 5.41 Å². The molecule has 0 N–H and O–H groups in total. The summed E-state index contributed by atoms with van der Waals surface area (Å²) < 4.78 is 20.3. The maximum absolute atomic E-state index is 13.1. The van der Waals surface area contributed by atoms with Crippen LogP contribution in [-0.4, -0.2) is 37.9 Å². The van der Waals surface area contributed by atoms with Crippen LogP contribution in [0.2, 0.25) is 0 Å². The molecule has 0 aromatic rings. The Balaban J connectivity index is 3.31. The van der Waals surface area contributed by atoms with Crippen LogP contribution in [0.25, 0.3) is 0 Å². The number of ether oxygens (including phenoxy) is 1. The van der Waals surface area contributed by atoms with E-state index in [2.05, 4.69) is 19.6 Å². The number of nitrogens with zero attached hydrogens (tertiary/aromatic N) is 1. The highest BCUT2D eigenvalue weighted by Gasteiger charge is 2.51. The molecule has 4 nitrogen and oxygen atoms in total. The molecule has 2 atom stereocenters. The summed E-state index contributed by atoms with van der Waals surface area (Å²) in [6.07, 6.45) is 6.14. The van der Waals surface area contributed by atoms with Crippen LogP contribution in [0.15, 0.2) is 24.3 Å². The molecule has 0 radical (unpaired) electrons. The number of hydrogen-bond acceptors (Lipinski definition) is 3. The maximum Gasteiger partial charge on any atom is 0.318 e. The lowest BCUT2D eigenvalue weighted by molar-refractivity contribution is -0.165. The molecule has 1 aliphatic rings. The third kappa shape index (κ3) is 5.52. The number of carbonyl (C=O) groups excluding carboxylic acids is 1. The van der Waals surface area contributed by atoms with Gasteiger partial charge in [0.15, 0.2) is 0 Å². The molecule has 1 aliphatic heterocycles. The standard InChI is InChI=1S/C20H35NO3S/c1-9-11-12-16-14-21(25(23)19(6,7)8)15-20(16,13-10-2)17(22)24-18(3,4)5/h9,12H,1,10-11,13-15H2,2-8H3/b16-12-/t20-,25?/m0/s1. The van der Waals surface area contributed by atoms with E-state index in [-0.39, 0.29) is 10.7 Å². The van der Waals surface area contributed by atoms with Gasteiger partial charge in [-0.1, -0.05) is 25.5 Å². The molecule has 1 heterocycles. The van der Waals surface area contributed by atoms with E-state index < -0.39 is 22.0 Å².